The Kier molecular flexibility index (Phi) is 5.72. The van der Waals surface area contributed by atoms with Gasteiger partial charge in [-0.25, -0.2) is 0 Å². The van der Waals surface area contributed by atoms with Crippen LogP contribution in [0.15, 0.2) is 36.4 Å². The second kappa shape index (κ2) is 7.28. The number of aliphatic hydroxyl groups excluding tert-OH is 2. The van der Waals surface area contributed by atoms with E-state index in [1.54, 1.807) is 38.1 Å². The van der Waals surface area contributed by atoms with Crippen molar-refractivity contribution in [1.82, 2.24) is 0 Å². The normalized spacial score (nSPS) is 12.3. The molecule has 106 valence electrons. The topological polar surface area (TPSA) is 74.6 Å². The summed E-state index contributed by atoms with van der Waals surface area (Å²) in [5, 5.41) is 19.5. The molecular formula is C16H18O4. The number of ketones is 2. The van der Waals surface area contributed by atoms with E-state index in [2.05, 4.69) is 0 Å². The molecule has 4 heteroatoms. The lowest BCUT2D eigenvalue weighted by Gasteiger charge is -2.03. The maximum Gasteiger partial charge on any atom is 0.159 e. The first-order chi connectivity index (χ1) is 9.47. The van der Waals surface area contributed by atoms with Crippen LogP contribution in [-0.4, -0.2) is 21.8 Å². The molecule has 0 fully saturated rings. The number of carbonyl (C=O) groups excluding carboxylic acids is 2. The van der Waals surface area contributed by atoms with Gasteiger partial charge in [-0.3, -0.25) is 9.59 Å². The highest BCUT2D eigenvalue weighted by molar-refractivity contribution is 5.96. The van der Waals surface area contributed by atoms with Crippen molar-refractivity contribution in [3.8, 4) is 0 Å². The maximum atomic E-state index is 11.2. The summed E-state index contributed by atoms with van der Waals surface area (Å²) in [5.74, 6) is -0.557. The van der Waals surface area contributed by atoms with Gasteiger partial charge in [-0.2, -0.15) is 0 Å². The second-order valence-electron chi connectivity index (χ2n) is 4.28. The highest BCUT2D eigenvalue weighted by Gasteiger charge is 2.05. The van der Waals surface area contributed by atoms with E-state index < -0.39 is 0 Å². The summed E-state index contributed by atoms with van der Waals surface area (Å²) in [5.41, 5.74) is 0.954. The Morgan fingerprint density at radius 3 is 1.40 bits per heavy atom. The zero-order chi connectivity index (χ0) is 15.1. The van der Waals surface area contributed by atoms with Crippen LogP contribution in [0.1, 0.15) is 37.8 Å². The number of rotatable bonds is 6. The molecule has 0 saturated carbocycles. The van der Waals surface area contributed by atoms with Gasteiger partial charge in [0.2, 0.25) is 0 Å². The maximum absolute atomic E-state index is 11.2. The largest absolute Gasteiger partial charge is 0.507 e. The third-order valence-electron chi connectivity index (χ3n) is 2.77. The molecule has 0 aliphatic heterocycles. The summed E-state index contributed by atoms with van der Waals surface area (Å²) in [6.07, 6.45) is 2.99. The Bertz CT molecular complexity index is 499. The molecule has 1 rings (SSSR count). The zero-order valence-electron chi connectivity index (χ0n) is 11.6. The first-order valence-corrected chi connectivity index (χ1v) is 6.45. The molecule has 0 aliphatic carbocycles. The molecule has 0 aliphatic rings. The second-order valence-corrected chi connectivity index (χ2v) is 4.28. The van der Waals surface area contributed by atoms with Gasteiger partial charge in [-0.05, 0) is 0 Å². The average Bonchev–Trinajstić information content (AvgIpc) is 2.46. The predicted octanol–water partition coefficient (Wildman–Crippen LogP) is 3.44. The number of carbonyl (C=O) groups is 2. The number of allylic oxidation sites excluding steroid dienone is 2. The van der Waals surface area contributed by atoms with Gasteiger partial charge < -0.3 is 10.2 Å². The molecular weight excluding hydrogens is 256 g/mol. The van der Waals surface area contributed by atoms with Crippen LogP contribution in [0, 0.1) is 0 Å². The Morgan fingerprint density at radius 2 is 1.15 bits per heavy atom. The van der Waals surface area contributed by atoms with Gasteiger partial charge in [-0.15, -0.1) is 0 Å². The van der Waals surface area contributed by atoms with Crippen LogP contribution in [0.4, 0.5) is 0 Å². The summed E-state index contributed by atoms with van der Waals surface area (Å²) in [7, 11) is 0. The Morgan fingerprint density at radius 1 is 0.850 bits per heavy atom. The molecule has 0 heterocycles. The van der Waals surface area contributed by atoms with E-state index in [1.807, 2.05) is 0 Å². The lowest BCUT2D eigenvalue weighted by Crippen LogP contribution is -1.94. The van der Waals surface area contributed by atoms with Crippen molar-refractivity contribution < 1.29 is 19.8 Å². The third kappa shape index (κ3) is 4.39. The van der Waals surface area contributed by atoms with E-state index in [0.29, 0.717) is 24.0 Å². The minimum Gasteiger partial charge on any atom is -0.507 e. The van der Waals surface area contributed by atoms with Crippen LogP contribution in [0.2, 0.25) is 0 Å². The van der Waals surface area contributed by atoms with Crippen molar-refractivity contribution in [2.24, 2.45) is 0 Å². The van der Waals surface area contributed by atoms with Gasteiger partial charge in [0.1, 0.15) is 11.5 Å². The molecule has 0 spiro atoms. The molecule has 0 amide bonds. The smallest absolute Gasteiger partial charge is 0.159 e. The van der Waals surface area contributed by atoms with Crippen LogP contribution in [0.3, 0.4) is 0 Å². The molecule has 0 saturated heterocycles. The van der Waals surface area contributed by atoms with Crippen LogP contribution in [-0.2, 0) is 9.59 Å². The molecule has 4 nitrogen and oxygen atoms in total. The number of aliphatic hydroxyl groups is 2. The highest BCUT2D eigenvalue weighted by atomic mass is 16.3. The molecule has 20 heavy (non-hydrogen) atoms. The van der Waals surface area contributed by atoms with Crippen molar-refractivity contribution in [2.45, 2.75) is 26.7 Å². The standard InChI is InChI=1S/C16H18O4/c1-3-13(17)9-15(19)11-5-7-12(8-6-11)16(20)10-14(18)4-2/h5-10,19-20H,3-4H2,1-2H3/b15-9-,16-10-. The minimum absolute atomic E-state index is 0.114. The van der Waals surface area contributed by atoms with Gasteiger partial charge in [0.05, 0.1) is 0 Å². The summed E-state index contributed by atoms with van der Waals surface area (Å²) in [4.78, 5) is 22.4. The fourth-order valence-corrected chi connectivity index (χ4v) is 1.49. The van der Waals surface area contributed by atoms with Gasteiger partial charge in [0.25, 0.3) is 0 Å². The quantitative estimate of drug-likeness (QED) is 0.615. The molecule has 0 aromatic heterocycles. The van der Waals surface area contributed by atoms with Gasteiger partial charge >= 0.3 is 0 Å². The number of benzene rings is 1. The van der Waals surface area contributed by atoms with E-state index in [0.717, 1.165) is 0 Å². The predicted molar refractivity (Wildman–Crippen MR) is 78.2 cm³/mol. The molecule has 0 radical (unpaired) electrons. The van der Waals surface area contributed by atoms with Gasteiger partial charge in [-0.1, -0.05) is 38.1 Å². The fourth-order valence-electron chi connectivity index (χ4n) is 1.49. The van der Waals surface area contributed by atoms with E-state index in [1.165, 1.54) is 12.2 Å². The molecule has 0 atom stereocenters. The lowest BCUT2D eigenvalue weighted by atomic mass is 10.1. The fraction of sp³-hybridized carbons (Fsp3) is 0.250. The number of hydrogen-bond acceptors (Lipinski definition) is 4. The Labute approximate surface area is 118 Å². The molecule has 1 aromatic carbocycles. The Balaban J connectivity index is 2.94. The van der Waals surface area contributed by atoms with Crippen LogP contribution in [0.5, 0.6) is 0 Å². The molecule has 0 unspecified atom stereocenters. The first-order valence-electron chi connectivity index (χ1n) is 6.45. The van der Waals surface area contributed by atoms with Crippen molar-refractivity contribution >= 4 is 23.1 Å². The molecule has 1 aromatic rings. The van der Waals surface area contributed by atoms with Crippen molar-refractivity contribution in [1.29, 1.82) is 0 Å². The third-order valence-corrected chi connectivity index (χ3v) is 2.77. The summed E-state index contributed by atoms with van der Waals surface area (Å²) in [6, 6.07) is 6.30. The first kappa shape index (κ1) is 15.7. The summed E-state index contributed by atoms with van der Waals surface area (Å²) >= 11 is 0. The highest BCUT2D eigenvalue weighted by Crippen LogP contribution is 2.17. The number of hydrogen-bond donors (Lipinski definition) is 2. The van der Waals surface area contributed by atoms with E-state index in [-0.39, 0.29) is 23.1 Å². The average molecular weight is 274 g/mol. The van der Waals surface area contributed by atoms with E-state index in [9.17, 15) is 19.8 Å². The zero-order valence-corrected chi connectivity index (χ0v) is 11.6. The molecule has 0 bridgehead atoms. The van der Waals surface area contributed by atoms with Crippen LogP contribution in [0.25, 0.3) is 11.5 Å². The Hall–Kier alpha value is -2.36. The summed E-state index contributed by atoms with van der Waals surface area (Å²) < 4.78 is 0. The van der Waals surface area contributed by atoms with Crippen LogP contribution < -0.4 is 0 Å². The summed E-state index contributed by atoms with van der Waals surface area (Å²) in [6.45, 7) is 3.42. The van der Waals surface area contributed by atoms with Crippen molar-refractivity contribution in [3.63, 3.8) is 0 Å². The van der Waals surface area contributed by atoms with Crippen molar-refractivity contribution in [2.75, 3.05) is 0 Å². The van der Waals surface area contributed by atoms with Gasteiger partial charge in [0, 0.05) is 36.1 Å². The van der Waals surface area contributed by atoms with Gasteiger partial charge in [0.15, 0.2) is 11.6 Å². The molecule has 2 N–H and O–H groups in total. The van der Waals surface area contributed by atoms with E-state index in [4.69, 9.17) is 0 Å². The SMILES string of the molecule is CCC(=O)/C=C(\O)c1ccc(/C(O)=C/C(=O)CC)cc1. The van der Waals surface area contributed by atoms with E-state index >= 15 is 0 Å². The minimum atomic E-state index is -0.164. The monoisotopic (exact) mass is 274 g/mol. The van der Waals surface area contributed by atoms with Crippen molar-refractivity contribution in [3.05, 3.63) is 47.5 Å². The lowest BCUT2D eigenvalue weighted by molar-refractivity contribution is -0.115. The van der Waals surface area contributed by atoms with Crippen LogP contribution >= 0.6 is 0 Å².